The number of benzene rings is 1. The van der Waals surface area contributed by atoms with Gasteiger partial charge in [0.25, 0.3) is 0 Å². The van der Waals surface area contributed by atoms with E-state index >= 15 is 0 Å². The summed E-state index contributed by atoms with van der Waals surface area (Å²) in [5.41, 5.74) is 5.95. The van der Waals surface area contributed by atoms with Gasteiger partial charge in [0.15, 0.2) is 5.65 Å². The van der Waals surface area contributed by atoms with Crippen LogP contribution in [0.25, 0.3) is 5.65 Å². The van der Waals surface area contributed by atoms with Crippen molar-refractivity contribution in [3.8, 4) is 0 Å². The average Bonchev–Trinajstić information content (AvgIpc) is 3.37. The van der Waals surface area contributed by atoms with Crippen LogP contribution >= 0.6 is 0 Å². The quantitative estimate of drug-likeness (QED) is 0.459. The number of carbonyl (C=O) groups excluding carboxylic acids is 1. The SMILES string of the molecule is Cc1cc2nc(C)c(CCC(=O)N(Cc3ccccc3)Cc3ccco3)c(C)n2n1. The van der Waals surface area contributed by atoms with Gasteiger partial charge in [-0.25, -0.2) is 9.50 Å². The zero-order chi connectivity index (χ0) is 21.1. The van der Waals surface area contributed by atoms with Crippen LogP contribution in [0.15, 0.2) is 59.2 Å². The molecule has 0 aliphatic carbocycles. The Hall–Kier alpha value is -3.41. The van der Waals surface area contributed by atoms with Crippen molar-refractivity contribution >= 4 is 11.6 Å². The lowest BCUT2D eigenvalue weighted by Crippen LogP contribution is -2.30. The molecule has 30 heavy (non-hydrogen) atoms. The van der Waals surface area contributed by atoms with Gasteiger partial charge in [-0.1, -0.05) is 30.3 Å². The van der Waals surface area contributed by atoms with Gasteiger partial charge in [-0.05, 0) is 50.5 Å². The van der Waals surface area contributed by atoms with Gasteiger partial charge in [-0.2, -0.15) is 5.10 Å². The first-order chi connectivity index (χ1) is 14.5. The summed E-state index contributed by atoms with van der Waals surface area (Å²) in [5, 5.41) is 4.53. The molecule has 0 fully saturated rings. The Bertz CT molecular complexity index is 1150. The molecule has 3 heterocycles. The number of aromatic nitrogens is 3. The van der Waals surface area contributed by atoms with E-state index in [1.165, 1.54) is 0 Å². The lowest BCUT2D eigenvalue weighted by atomic mass is 10.1. The first-order valence-corrected chi connectivity index (χ1v) is 10.2. The van der Waals surface area contributed by atoms with Crippen LogP contribution in [0.4, 0.5) is 0 Å². The highest BCUT2D eigenvalue weighted by Crippen LogP contribution is 2.19. The maximum absolute atomic E-state index is 13.2. The van der Waals surface area contributed by atoms with E-state index in [9.17, 15) is 4.79 Å². The Labute approximate surface area is 176 Å². The summed E-state index contributed by atoms with van der Waals surface area (Å²) < 4.78 is 7.36. The number of nitrogens with zero attached hydrogens (tertiary/aromatic N) is 4. The molecule has 1 amide bonds. The summed E-state index contributed by atoms with van der Waals surface area (Å²) in [7, 11) is 0. The first-order valence-electron chi connectivity index (χ1n) is 10.2. The van der Waals surface area contributed by atoms with Gasteiger partial charge in [0, 0.05) is 30.4 Å². The molecule has 0 spiro atoms. The van der Waals surface area contributed by atoms with Gasteiger partial charge in [0.2, 0.25) is 5.91 Å². The van der Waals surface area contributed by atoms with Crippen molar-refractivity contribution < 1.29 is 9.21 Å². The molecule has 0 aliphatic heterocycles. The largest absolute Gasteiger partial charge is 0.467 e. The van der Waals surface area contributed by atoms with Crippen molar-refractivity contribution in [1.82, 2.24) is 19.5 Å². The van der Waals surface area contributed by atoms with E-state index in [1.54, 1.807) is 6.26 Å². The van der Waals surface area contributed by atoms with E-state index in [4.69, 9.17) is 4.42 Å². The van der Waals surface area contributed by atoms with Crippen molar-refractivity contribution in [3.63, 3.8) is 0 Å². The summed E-state index contributed by atoms with van der Waals surface area (Å²) in [6.07, 6.45) is 2.67. The number of amides is 1. The van der Waals surface area contributed by atoms with E-state index in [2.05, 4.69) is 10.1 Å². The molecule has 0 saturated carbocycles. The van der Waals surface area contributed by atoms with Crippen molar-refractivity contribution in [2.75, 3.05) is 0 Å². The third-order valence-electron chi connectivity index (χ3n) is 5.37. The van der Waals surface area contributed by atoms with Crippen LogP contribution in [-0.2, 0) is 24.3 Å². The highest BCUT2D eigenvalue weighted by Gasteiger charge is 2.18. The van der Waals surface area contributed by atoms with Crippen molar-refractivity contribution in [3.05, 3.63) is 88.8 Å². The molecule has 4 aromatic rings. The number of rotatable bonds is 7. The topological polar surface area (TPSA) is 63.6 Å². The molecule has 0 N–H and O–H groups in total. The Morgan fingerprint density at radius 3 is 2.60 bits per heavy atom. The van der Waals surface area contributed by atoms with Crippen LogP contribution in [0, 0.1) is 20.8 Å². The van der Waals surface area contributed by atoms with Gasteiger partial charge in [-0.3, -0.25) is 4.79 Å². The smallest absolute Gasteiger partial charge is 0.223 e. The fourth-order valence-electron chi connectivity index (χ4n) is 3.82. The van der Waals surface area contributed by atoms with Gasteiger partial charge in [0.05, 0.1) is 18.5 Å². The van der Waals surface area contributed by atoms with E-state index in [0.717, 1.165) is 39.6 Å². The van der Waals surface area contributed by atoms with Crippen LogP contribution in [0.1, 0.15) is 40.4 Å². The Morgan fingerprint density at radius 1 is 1.07 bits per heavy atom. The molecule has 0 bridgehead atoms. The molecule has 4 rings (SSSR count). The van der Waals surface area contributed by atoms with E-state index in [-0.39, 0.29) is 5.91 Å². The Balaban J connectivity index is 1.53. The van der Waals surface area contributed by atoms with Crippen molar-refractivity contribution in [1.29, 1.82) is 0 Å². The van der Waals surface area contributed by atoms with Crippen molar-refractivity contribution in [2.45, 2.75) is 46.7 Å². The van der Waals surface area contributed by atoms with Crippen LogP contribution in [0.3, 0.4) is 0 Å². The summed E-state index contributed by atoms with van der Waals surface area (Å²) in [5.74, 6) is 0.868. The third kappa shape index (κ3) is 4.27. The van der Waals surface area contributed by atoms with Crippen LogP contribution in [-0.4, -0.2) is 25.4 Å². The molecule has 6 heteroatoms. The fourth-order valence-corrected chi connectivity index (χ4v) is 3.82. The highest BCUT2D eigenvalue weighted by atomic mass is 16.3. The monoisotopic (exact) mass is 402 g/mol. The molecule has 0 atom stereocenters. The second kappa shape index (κ2) is 8.53. The van der Waals surface area contributed by atoms with E-state index in [1.807, 2.05) is 78.7 Å². The van der Waals surface area contributed by atoms with Gasteiger partial charge >= 0.3 is 0 Å². The highest BCUT2D eigenvalue weighted by molar-refractivity contribution is 5.76. The molecule has 1 aromatic carbocycles. The maximum Gasteiger partial charge on any atom is 0.223 e. The number of fused-ring (bicyclic) bond motifs is 1. The van der Waals surface area contributed by atoms with Gasteiger partial charge in [-0.15, -0.1) is 0 Å². The molecular weight excluding hydrogens is 376 g/mol. The molecule has 0 saturated heterocycles. The first kappa shape index (κ1) is 19.9. The molecule has 0 radical (unpaired) electrons. The van der Waals surface area contributed by atoms with Crippen LogP contribution in [0.5, 0.6) is 0 Å². The lowest BCUT2D eigenvalue weighted by molar-refractivity contribution is -0.132. The molecule has 0 unspecified atom stereocenters. The summed E-state index contributed by atoms with van der Waals surface area (Å²) in [6, 6.07) is 15.8. The van der Waals surface area contributed by atoms with Crippen molar-refractivity contribution in [2.24, 2.45) is 0 Å². The molecular formula is C24H26N4O2. The minimum Gasteiger partial charge on any atom is -0.467 e. The zero-order valence-corrected chi connectivity index (χ0v) is 17.6. The fraction of sp³-hybridized carbons (Fsp3) is 0.292. The molecule has 0 aliphatic rings. The number of furan rings is 1. The van der Waals surface area contributed by atoms with E-state index in [0.29, 0.717) is 25.9 Å². The molecule has 3 aromatic heterocycles. The molecule has 6 nitrogen and oxygen atoms in total. The summed E-state index contributed by atoms with van der Waals surface area (Å²) in [4.78, 5) is 19.7. The minimum atomic E-state index is 0.0887. The average molecular weight is 402 g/mol. The van der Waals surface area contributed by atoms with Gasteiger partial charge in [0.1, 0.15) is 5.76 Å². The number of hydrogen-bond donors (Lipinski definition) is 0. The lowest BCUT2D eigenvalue weighted by Gasteiger charge is -2.22. The molecule has 154 valence electrons. The normalized spacial score (nSPS) is 11.2. The second-order valence-corrected chi connectivity index (χ2v) is 7.63. The summed E-state index contributed by atoms with van der Waals surface area (Å²) in [6.45, 7) is 7.00. The third-order valence-corrected chi connectivity index (χ3v) is 5.37. The zero-order valence-electron chi connectivity index (χ0n) is 17.6. The Kier molecular flexibility index (Phi) is 5.65. The standard InChI is InChI=1S/C24H26N4O2/c1-17-14-23-25-18(2)22(19(3)28(23)26-17)11-12-24(29)27(16-21-10-7-13-30-21)15-20-8-5-4-6-9-20/h4-10,13-14H,11-12,15-16H2,1-3H3. The van der Waals surface area contributed by atoms with E-state index < -0.39 is 0 Å². The Morgan fingerprint density at radius 2 is 1.87 bits per heavy atom. The number of carbonyl (C=O) groups is 1. The number of aryl methyl sites for hydroxylation is 3. The maximum atomic E-state index is 13.2. The minimum absolute atomic E-state index is 0.0887. The van der Waals surface area contributed by atoms with Crippen LogP contribution < -0.4 is 0 Å². The second-order valence-electron chi connectivity index (χ2n) is 7.63. The predicted molar refractivity (Wildman–Crippen MR) is 115 cm³/mol. The number of hydrogen-bond acceptors (Lipinski definition) is 4. The predicted octanol–water partition coefficient (Wildman–Crippen LogP) is 4.41. The van der Waals surface area contributed by atoms with Crippen LogP contribution in [0.2, 0.25) is 0 Å². The van der Waals surface area contributed by atoms with Gasteiger partial charge < -0.3 is 9.32 Å². The summed E-state index contributed by atoms with van der Waals surface area (Å²) >= 11 is 0.